The Morgan fingerprint density at radius 3 is 2.59 bits per heavy atom. The first kappa shape index (κ1) is 18.5. The van der Waals surface area contributed by atoms with Gasteiger partial charge in [0.1, 0.15) is 5.82 Å². The predicted molar refractivity (Wildman–Crippen MR) is 93.5 cm³/mol. The Kier molecular flexibility index (Phi) is 4.96. The molecule has 2 aliphatic rings. The maximum absolute atomic E-state index is 13.2. The van der Waals surface area contributed by atoms with Crippen LogP contribution in [0.5, 0.6) is 0 Å². The van der Waals surface area contributed by atoms with Gasteiger partial charge in [-0.15, -0.1) is 15.3 Å². The molecule has 2 aromatic rings. The van der Waals surface area contributed by atoms with E-state index in [1.165, 1.54) is 0 Å². The lowest BCUT2D eigenvalue weighted by atomic mass is 9.86. The average molecular weight is 383 g/mol. The Balaban J connectivity index is 1.67. The van der Waals surface area contributed by atoms with Gasteiger partial charge in [-0.1, -0.05) is 6.92 Å². The summed E-state index contributed by atoms with van der Waals surface area (Å²) in [4.78, 5) is 2.14. The van der Waals surface area contributed by atoms with E-state index in [2.05, 4.69) is 27.1 Å². The third-order valence-corrected chi connectivity index (χ3v) is 5.65. The van der Waals surface area contributed by atoms with Crippen LogP contribution in [0.2, 0.25) is 0 Å². The normalized spacial score (nSPS) is 26.6. The first-order valence-corrected chi connectivity index (χ1v) is 9.59. The van der Waals surface area contributed by atoms with Crippen LogP contribution >= 0.6 is 0 Å². The first-order valence-electron chi connectivity index (χ1n) is 9.59. The molecule has 2 aromatic heterocycles. The molecule has 0 aromatic carbocycles. The van der Waals surface area contributed by atoms with Crippen molar-refractivity contribution in [2.45, 2.75) is 63.8 Å². The van der Waals surface area contributed by atoms with Crippen molar-refractivity contribution in [1.29, 1.82) is 0 Å². The van der Waals surface area contributed by atoms with Gasteiger partial charge in [0.2, 0.25) is 0 Å². The maximum atomic E-state index is 13.2. The molecule has 6 nitrogen and oxygen atoms in total. The van der Waals surface area contributed by atoms with Crippen LogP contribution in [0.4, 0.5) is 19.0 Å². The molecule has 1 aliphatic carbocycles. The number of hydrogen-bond donors (Lipinski definition) is 0. The number of aromatic nitrogens is 4. The lowest BCUT2D eigenvalue weighted by Gasteiger charge is -2.38. The summed E-state index contributed by atoms with van der Waals surface area (Å²) in [6.45, 7) is 3.65. The lowest BCUT2D eigenvalue weighted by Crippen LogP contribution is -2.43. The Morgan fingerprint density at radius 2 is 1.93 bits per heavy atom. The number of fused-ring (bicyclic) bond motifs is 1. The van der Waals surface area contributed by atoms with Crippen molar-refractivity contribution in [3.8, 4) is 0 Å². The number of hydrogen-bond acceptors (Lipinski definition) is 5. The second-order valence-corrected chi connectivity index (χ2v) is 7.68. The lowest BCUT2D eigenvalue weighted by molar-refractivity contribution is -0.146. The molecule has 148 valence electrons. The van der Waals surface area contributed by atoms with Crippen molar-refractivity contribution >= 4 is 11.5 Å². The number of anilines is 1. The summed E-state index contributed by atoms with van der Waals surface area (Å²) in [5.41, 5.74) is 0.0976. The Labute approximate surface area is 155 Å². The van der Waals surface area contributed by atoms with Gasteiger partial charge < -0.3 is 9.64 Å². The van der Waals surface area contributed by atoms with Crippen molar-refractivity contribution in [3.05, 3.63) is 18.0 Å². The van der Waals surface area contributed by atoms with E-state index < -0.39 is 12.0 Å². The molecule has 1 atom stereocenters. The number of alkyl halides is 3. The van der Waals surface area contributed by atoms with Crippen LogP contribution in [0, 0.1) is 5.92 Å². The van der Waals surface area contributed by atoms with Gasteiger partial charge in [0.05, 0.1) is 6.10 Å². The second-order valence-electron chi connectivity index (χ2n) is 7.68. The van der Waals surface area contributed by atoms with E-state index in [1.807, 2.05) is 0 Å². The van der Waals surface area contributed by atoms with Gasteiger partial charge in [-0.3, -0.25) is 0 Å². The highest BCUT2D eigenvalue weighted by Gasteiger charge is 2.38. The van der Waals surface area contributed by atoms with E-state index in [0.717, 1.165) is 49.6 Å². The highest BCUT2D eigenvalue weighted by molar-refractivity contribution is 5.47. The fourth-order valence-electron chi connectivity index (χ4n) is 4.10. The maximum Gasteiger partial charge on any atom is 0.453 e. The summed E-state index contributed by atoms with van der Waals surface area (Å²) in [5.74, 6) is 0.132. The van der Waals surface area contributed by atoms with Gasteiger partial charge in [-0.25, -0.2) is 0 Å². The molecule has 0 spiro atoms. The minimum Gasteiger partial charge on any atom is -0.376 e. The molecule has 0 radical (unpaired) electrons. The molecule has 2 fully saturated rings. The van der Waals surface area contributed by atoms with Crippen LogP contribution in [0.15, 0.2) is 12.1 Å². The van der Waals surface area contributed by atoms with Crippen molar-refractivity contribution in [1.82, 2.24) is 19.8 Å². The molecule has 0 amide bonds. The number of rotatable bonds is 4. The van der Waals surface area contributed by atoms with Crippen molar-refractivity contribution in [2.24, 2.45) is 5.92 Å². The molecule has 27 heavy (non-hydrogen) atoms. The molecule has 0 bridgehead atoms. The van der Waals surface area contributed by atoms with Crippen molar-refractivity contribution in [2.75, 3.05) is 18.1 Å². The van der Waals surface area contributed by atoms with E-state index in [-0.39, 0.29) is 17.8 Å². The monoisotopic (exact) mass is 383 g/mol. The second kappa shape index (κ2) is 7.26. The zero-order chi connectivity index (χ0) is 19.0. The van der Waals surface area contributed by atoms with Crippen LogP contribution in [-0.2, 0) is 10.9 Å². The third kappa shape index (κ3) is 3.88. The fourth-order valence-corrected chi connectivity index (χ4v) is 4.10. The predicted octanol–water partition coefficient (Wildman–Crippen LogP) is 3.71. The first-order chi connectivity index (χ1) is 12.9. The van der Waals surface area contributed by atoms with Crippen LogP contribution in [-0.4, -0.2) is 45.1 Å². The van der Waals surface area contributed by atoms with Crippen LogP contribution in [0.3, 0.4) is 0 Å². The molecule has 0 N–H and O–H groups in total. The minimum atomic E-state index is -4.59. The molecule has 1 saturated carbocycles. The SMILES string of the molecule is CC1CCC(N(CC2CCCO2)c2ccc3nnc(C(F)(F)F)n3n2)CC1. The third-order valence-electron chi connectivity index (χ3n) is 5.65. The Hall–Kier alpha value is -1.90. The molecule has 9 heteroatoms. The molecule has 1 unspecified atom stereocenters. The van der Waals surface area contributed by atoms with Crippen LogP contribution in [0.25, 0.3) is 5.65 Å². The van der Waals surface area contributed by atoms with Crippen LogP contribution in [0.1, 0.15) is 51.3 Å². The van der Waals surface area contributed by atoms with E-state index >= 15 is 0 Å². The standard InChI is InChI=1S/C18H24F3N5O/c1-12-4-6-13(7-5-12)25(11-14-3-2-10-27-14)16-9-8-15-22-23-17(18(19,20)21)26(15)24-16/h8-9,12-14H,2-7,10-11H2,1H3. The van der Waals surface area contributed by atoms with Gasteiger partial charge in [0.15, 0.2) is 5.65 Å². The van der Waals surface area contributed by atoms with Gasteiger partial charge in [0, 0.05) is 19.2 Å². The smallest absolute Gasteiger partial charge is 0.376 e. The molecular weight excluding hydrogens is 359 g/mol. The topological polar surface area (TPSA) is 55.5 Å². The Morgan fingerprint density at radius 1 is 1.15 bits per heavy atom. The van der Waals surface area contributed by atoms with Gasteiger partial charge in [0.25, 0.3) is 5.82 Å². The van der Waals surface area contributed by atoms with E-state index in [0.29, 0.717) is 18.3 Å². The largest absolute Gasteiger partial charge is 0.453 e. The number of nitrogens with zero attached hydrogens (tertiary/aromatic N) is 5. The number of halogens is 3. The Bertz CT molecular complexity index is 779. The summed E-state index contributed by atoms with van der Waals surface area (Å²) < 4.78 is 46.2. The van der Waals surface area contributed by atoms with E-state index in [4.69, 9.17) is 4.74 Å². The summed E-state index contributed by atoms with van der Waals surface area (Å²) in [6.07, 6.45) is 1.78. The minimum absolute atomic E-state index is 0.0976. The molecule has 1 saturated heterocycles. The molecule has 3 heterocycles. The molecular formula is C18H24F3N5O. The van der Waals surface area contributed by atoms with Crippen LogP contribution < -0.4 is 4.90 Å². The van der Waals surface area contributed by atoms with Gasteiger partial charge in [-0.2, -0.15) is 17.7 Å². The summed E-state index contributed by atoms with van der Waals surface area (Å²) in [5, 5.41) is 11.2. The van der Waals surface area contributed by atoms with E-state index in [1.54, 1.807) is 12.1 Å². The van der Waals surface area contributed by atoms with Gasteiger partial charge in [-0.05, 0) is 56.6 Å². The van der Waals surface area contributed by atoms with E-state index in [9.17, 15) is 13.2 Å². The molecule has 1 aliphatic heterocycles. The van der Waals surface area contributed by atoms with Crippen molar-refractivity contribution in [3.63, 3.8) is 0 Å². The highest BCUT2D eigenvalue weighted by Crippen LogP contribution is 2.32. The summed E-state index contributed by atoms with van der Waals surface area (Å²) in [7, 11) is 0. The molecule has 4 rings (SSSR count). The zero-order valence-corrected chi connectivity index (χ0v) is 15.3. The summed E-state index contributed by atoms with van der Waals surface area (Å²) in [6, 6.07) is 3.57. The average Bonchev–Trinajstić information content (AvgIpc) is 3.29. The van der Waals surface area contributed by atoms with Gasteiger partial charge >= 0.3 is 6.18 Å². The zero-order valence-electron chi connectivity index (χ0n) is 15.3. The fraction of sp³-hybridized carbons (Fsp3) is 0.722. The quantitative estimate of drug-likeness (QED) is 0.806. The number of ether oxygens (including phenoxy) is 1. The van der Waals surface area contributed by atoms with Crippen molar-refractivity contribution < 1.29 is 17.9 Å². The summed E-state index contributed by atoms with van der Waals surface area (Å²) >= 11 is 0. The highest BCUT2D eigenvalue weighted by atomic mass is 19.4.